The number of aliphatic hydroxyl groups is 5. The summed E-state index contributed by atoms with van der Waals surface area (Å²) in [5.74, 6) is 2.79. The molecule has 1 aliphatic carbocycles. The minimum Gasteiger partial charge on any atom is -0.493 e. The van der Waals surface area contributed by atoms with E-state index in [-0.39, 0.29) is 24.8 Å². The highest BCUT2D eigenvalue weighted by Gasteiger charge is 2.43. The van der Waals surface area contributed by atoms with Crippen molar-refractivity contribution in [2.45, 2.75) is 63.1 Å². The van der Waals surface area contributed by atoms with Crippen molar-refractivity contribution in [2.24, 2.45) is 23.7 Å². The van der Waals surface area contributed by atoms with Crippen molar-refractivity contribution in [3.63, 3.8) is 0 Å². The largest absolute Gasteiger partial charge is 0.493 e. The summed E-state index contributed by atoms with van der Waals surface area (Å²) in [7, 11) is 1.66. The van der Waals surface area contributed by atoms with Gasteiger partial charge in [-0.25, -0.2) is 14.4 Å². The van der Waals surface area contributed by atoms with Gasteiger partial charge in [-0.3, -0.25) is 4.79 Å². The summed E-state index contributed by atoms with van der Waals surface area (Å²) in [5, 5.41) is 50.8. The van der Waals surface area contributed by atoms with E-state index in [1.54, 1.807) is 24.1 Å². The fraction of sp³-hybridized carbons (Fsp3) is 0.676. The molecule has 14 heteroatoms. The highest BCUT2D eigenvalue weighted by atomic mass is 19.1. The van der Waals surface area contributed by atoms with Gasteiger partial charge in [-0.2, -0.15) is 0 Å². The first-order valence-electron chi connectivity index (χ1n) is 16.9. The summed E-state index contributed by atoms with van der Waals surface area (Å²) in [6, 6.07) is 4.68. The van der Waals surface area contributed by atoms with E-state index < -0.39 is 36.8 Å². The van der Waals surface area contributed by atoms with E-state index in [1.165, 1.54) is 12.5 Å². The van der Waals surface area contributed by atoms with Crippen molar-refractivity contribution in [3.8, 4) is 5.75 Å². The van der Waals surface area contributed by atoms with Crippen molar-refractivity contribution in [2.75, 3.05) is 64.5 Å². The molecular weight excluding hydrogens is 625 g/mol. The summed E-state index contributed by atoms with van der Waals surface area (Å²) >= 11 is 0. The molecule has 2 aliphatic heterocycles. The maximum Gasteiger partial charge on any atom is 0.227 e. The van der Waals surface area contributed by atoms with Crippen molar-refractivity contribution in [1.29, 1.82) is 0 Å². The van der Waals surface area contributed by atoms with Crippen LogP contribution in [-0.2, 0) is 22.6 Å². The van der Waals surface area contributed by atoms with Gasteiger partial charge in [0, 0.05) is 76.3 Å². The lowest BCUT2D eigenvalue weighted by molar-refractivity contribution is -0.136. The van der Waals surface area contributed by atoms with Gasteiger partial charge in [0.25, 0.3) is 0 Å². The second-order valence-electron chi connectivity index (χ2n) is 13.5. The molecule has 0 spiro atoms. The third-order valence-corrected chi connectivity index (χ3v) is 9.95. The lowest BCUT2D eigenvalue weighted by atomic mass is 9.90. The molecule has 3 aliphatic rings. The van der Waals surface area contributed by atoms with E-state index in [9.17, 15) is 29.6 Å². The van der Waals surface area contributed by atoms with Crippen LogP contribution in [0.4, 0.5) is 10.3 Å². The quantitative estimate of drug-likeness (QED) is 0.126. The average molecular weight is 676 g/mol. The number of carbonyl (C=O) groups is 1. The molecule has 5 rings (SSSR count). The molecule has 48 heavy (non-hydrogen) atoms. The molecule has 0 bridgehead atoms. The smallest absolute Gasteiger partial charge is 0.227 e. The molecule has 1 saturated carbocycles. The number of anilines is 1. The molecule has 1 aromatic heterocycles. The minimum atomic E-state index is -1.67. The first-order chi connectivity index (χ1) is 23.2. The van der Waals surface area contributed by atoms with Crippen LogP contribution in [-0.4, -0.2) is 130 Å². The number of hydrogen-bond acceptors (Lipinski definition) is 12. The van der Waals surface area contributed by atoms with Crippen molar-refractivity contribution in [1.82, 2.24) is 20.2 Å². The molecular formula is C34H50FN5O8. The normalized spacial score (nSPS) is 22.6. The molecule has 6 atom stereocenters. The number of benzene rings is 1. The number of nitrogens with zero attached hydrogens (tertiary/aromatic N) is 4. The highest BCUT2D eigenvalue weighted by molar-refractivity contribution is 5.79. The number of amides is 1. The number of likely N-dealkylation sites (tertiary alicyclic amines) is 1. The molecule has 1 unspecified atom stereocenters. The van der Waals surface area contributed by atoms with Crippen LogP contribution in [0, 0.1) is 29.5 Å². The second-order valence-corrected chi connectivity index (χ2v) is 13.5. The number of rotatable bonds is 18. The molecule has 266 valence electrons. The first kappa shape index (κ1) is 36.3. The molecule has 3 fully saturated rings. The lowest BCUT2D eigenvalue weighted by Crippen LogP contribution is -2.55. The predicted molar refractivity (Wildman–Crippen MR) is 174 cm³/mol. The van der Waals surface area contributed by atoms with E-state index in [2.05, 4.69) is 20.2 Å². The summed E-state index contributed by atoms with van der Waals surface area (Å²) in [6.07, 6.45) is 1.83. The number of carbonyl (C=O) groups excluding carboxylic acids is 1. The number of methoxy groups -OCH3 is 1. The first-order valence-corrected chi connectivity index (χ1v) is 16.9. The predicted octanol–water partition coefficient (Wildman–Crippen LogP) is 0.110. The summed E-state index contributed by atoms with van der Waals surface area (Å²) < 4.78 is 25.9. The van der Waals surface area contributed by atoms with Gasteiger partial charge in [0.05, 0.1) is 32.3 Å². The fourth-order valence-corrected chi connectivity index (χ4v) is 6.85. The maximum atomic E-state index is 14.9. The fourth-order valence-electron chi connectivity index (χ4n) is 6.85. The molecule has 2 saturated heterocycles. The van der Waals surface area contributed by atoms with Gasteiger partial charge < -0.3 is 50.1 Å². The standard InChI is InChI=1S/C34H50FN5O8/c1-47-20-21-14-37-34(38-15-21)39-7-4-23(5-8-39)27-10-24(27)6-9-48-26-3-2-25(28(35)12-26)11-31(44)40-17-22(18-40)13-36-16-29(42)32(45)33(46)30(43)19-41/h2-3,12,14-15,22-24,27,29-30,32-33,36,41-43,45-46H,4-11,13,16-20H2,1H3/t24-,27?,29+,30-,32-,33-/m1/s1. The molecule has 2 aromatic rings. The molecule has 3 heterocycles. The number of piperidine rings is 1. The van der Waals surface area contributed by atoms with Gasteiger partial charge in [-0.15, -0.1) is 0 Å². The Hall–Kier alpha value is -2.98. The average Bonchev–Trinajstić information content (AvgIpc) is 3.85. The second kappa shape index (κ2) is 17.1. The van der Waals surface area contributed by atoms with Gasteiger partial charge in [0.15, 0.2) is 0 Å². The zero-order chi connectivity index (χ0) is 34.2. The number of nitrogens with one attached hydrogen (secondary N) is 1. The highest BCUT2D eigenvalue weighted by Crippen LogP contribution is 2.49. The Bertz CT molecular complexity index is 1310. The number of ether oxygens (including phenoxy) is 2. The van der Waals surface area contributed by atoms with Gasteiger partial charge in [0.1, 0.15) is 29.9 Å². The Labute approximate surface area is 280 Å². The number of aromatic nitrogens is 2. The Morgan fingerprint density at radius 3 is 2.46 bits per heavy atom. The Morgan fingerprint density at radius 1 is 1.08 bits per heavy atom. The van der Waals surface area contributed by atoms with E-state index in [0.717, 1.165) is 43.9 Å². The molecule has 13 nitrogen and oxygen atoms in total. The van der Waals surface area contributed by atoms with Gasteiger partial charge in [-0.05, 0) is 55.1 Å². The Kier molecular flexibility index (Phi) is 12.9. The zero-order valence-corrected chi connectivity index (χ0v) is 27.5. The van der Waals surface area contributed by atoms with Gasteiger partial charge in [-0.1, -0.05) is 6.07 Å². The van der Waals surface area contributed by atoms with Crippen LogP contribution >= 0.6 is 0 Å². The Morgan fingerprint density at radius 2 is 1.79 bits per heavy atom. The van der Waals surface area contributed by atoms with Crippen molar-refractivity contribution < 1.29 is 44.2 Å². The summed E-state index contributed by atoms with van der Waals surface area (Å²) in [6.45, 7) is 3.62. The minimum absolute atomic E-state index is 0.0381. The maximum absolute atomic E-state index is 14.9. The molecule has 1 amide bonds. The van der Waals surface area contributed by atoms with Crippen LogP contribution in [0.3, 0.4) is 0 Å². The summed E-state index contributed by atoms with van der Waals surface area (Å²) in [4.78, 5) is 25.6. The number of halogens is 1. The van der Waals surface area contributed by atoms with E-state index >= 15 is 0 Å². The topological polar surface area (TPSA) is 181 Å². The van der Waals surface area contributed by atoms with Crippen LogP contribution in [0.15, 0.2) is 30.6 Å². The third kappa shape index (κ3) is 9.59. The van der Waals surface area contributed by atoms with Crippen LogP contribution in [0.1, 0.15) is 36.8 Å². The zero-order valence-electron chi connectivity index (χ0n) is 27.5. The van der Waals surface area contributed by atoms with Gasteiger partial charge in [0.2, 0.25) is 11.9 Å². The van der Waals surface area contributed by atoms with Crippen molar-refractivity contribution >= 4 is 11.9 Å². The van der Waals surface area contributed by atoms with Crippen LogP contribution in [0.2, 0.25) is 0 Å². The van der Waals surface area contributed by atoms with Gasteiger partial charge >= 0.3 is 0 Å². The number of aliphatic hydroxyl groups excluding tert-OH is 5. The van der Waals surface area contributed by atoms with E-state index in [1.807, 2.05) is 12.4 Å². The number of hydrogen-bond donors (Lipinski definition) is 6. The Balaban J connectivity index is 0.940. The third-order valence-electron chi connectivity index (χ3n) is 9.95. The van der Waals surface area contributed by atoms with Crippen LogP contribution in [0.25, 0.3) is 0 Å². The van der Waals surface area contributed by atoms with Crippen LogP contribution < -0.4 is 15.0 Å². The molecule has 0 radical (unpaired) electrons. The van der Waals surface area contributed by atoms with Crippen molar-refractivity contribution in [3.05, 3.63) is 47.5 Å². The summed E-state index contributed by atoms with van der Waals surface area (Å²) in [5.41, 5.74) is 1.29. The molecule has 6 N–H and O–H groups in total. The lowest BCUT2D eigenvalue weighted by Gasteiger charge is -2.39. The molecule has 1 aromatic carbocycles. The van der Waals surface area contributed by atoms with E-state index in [0.29, 0.717) is 61.9 Å². The SMILES string of the molecule is COCc1cnc(N2CCC(C3C[C@H]3CCOc3ccc(CC(=O)N4CC(CNC[C@H](O)[C@@H](O)[C@H](O)[C@H](O)CO)C4)c(F)c3)CC2)nc1. The monoisotopic (exact) mass is 675 g/mol. The van der Waals surface area contributed by atoms with E-state index in [4.69, 9.17) is 14.6 Å². The van der Waals surface area contributed by atoms with Crippen LogP contribution in [0.5, 0.6) is 5.75 Å².